The van der Waals surface area contributed by atoms with Crippen molar-refractivity contribution < 1.29 is 13.2 Å². The van der Waals surface area contributed by atoms with Gasteiger partial charge < -0.3 is 0 Å². The summed E-state index contributed by atoms with van der Waals surface area (Å²) in [4.78, 5) is 4.57. The van der Waals surface area contributed by atoms with Crippen LogP contribution >= 0.6 is 0 Å². The zero-order chi connectivity index (χ0) is 20.0. The molecule has 0 fully saturated rings. The topological polar surface area (TPSA) is 30.7 Å². The fourth-order valence-electron chi connectivity index (χ4n) is 3.63. The monoisotopic (exact) mass is 389 g/mol. The lowest BCUT2D eigenvalue weighted by atomic mass is 9.97. The van der Waals surface area contributed by atoms with Crippen molar-refractivity contribution in [3.8, 4) is 16.8 Å². The Morgan fingerprint density at radius 3 is 2.03 bits per heavy atom. The first-order valence-electron chi connectivity index (χ1n) is 9.03. The van der Waals surface area contributed by atoms with Crippen LogP contribution < -0.4 is 0 Å². The van der Waals surface area contributed by atoms with Gasteiger partial charge in [-0.15, -0.1) is 0 Å². The van der Waals surface area contributed by atoms with Crippen molar-refractivity contribution in [2.45, 2.75) is 6.18 Å². The van der Waals surface area contributed by atoms with Crippen molar-refractivity contribution >= 4 is 21.9 Å². The minimum absolute atomic E-state index is 0.00579. The van der Waals surface area contributed by atoms with Crippen LogP contribution in [0.2, 0.25) is 0 Å². The van der Waals surface area contributed by atoms with Crippen LogP contribution in [-0.4, -0.2) is 14.8 Å². The van der Waals surface area contributed by atoms with Crippen LogP contribution in [0.5, 0.6) is 0 Å². The number of pyridine rings is 1. The van der Waals surface area contributed by atoms with Crippen molar-refractivity contribution in [3.63, 3.8) is 0 Å². The Kier molecular flexibility index (Phi) is 3.87. The SMILES string of the molecule is FC(F)(F)c1nn(-c2ccccc2)c2nc3ccccc3c(-c3ccccc3)c12. The van der Waals surface area contributed by atoms with Gasteiger partial charge in [-0.2, -0.15) is 18.3 Å². The molecule has 0 saturated carbocycles. The van der Waals surface area contributed by atoms with Gasteiger partial charge in [0.1, 0.15) is 0 Å². The molecule has 0 atom stereocenters. The minimum atomic E-state index is -4.62. The number of benzene rings is 3. The van der Waals surface area contributed by atoms with E-state index < -0.39 is 11.9 Å². The maximum atomic E-state index is 14.0. The highest BCUT2D eigenvalue weighted by Gasteiger charge is 2.39. The van der Waals surface area contributed by atoms with E-state index in [9.17, 15) is 13.2 Å². The summed E-state index contributed by atoms with van der Waals surface area (Å²) < 4.78 is 43.4. The lowest BCUT2D eigenvalue weighted by molar-refractivity contribution is -0.140. The fourth-order valence-corrected chi connectivity index (χ4v) is 3.63. The highest BCUT2D eigenvalue weighted by Crippen LogP contribution is 2.42. The molecule has 5 rings (SSSR count). The van der Waals surface area contributed by atoms with Crippen molar-refractivity contribution in [1.29, 1.82) is 0 Å². The summed E-state index contributed by atoms with van der Waals surface area (Å²) in [6.07, 6.45) is -4.62. The predicted octanol–water partition coefficient (Wildman–Crippen LogP) is 6.26. The molecule has 0 bridgehead atoms. The summed E-state index contributed by atoms with van der Waals surface area (Å²) in [6.45, 7) is 0. The number of para-hydroxylation sites is 2. The molecule has 5 aromatic rings. The van der Waals surface area contributed by atoms with Gasteiger partial charge in [-0.05, 0) is 23.8 Å². The van der Waals surface area contributed by atoms with E-state index in [4.69, 9.17) is 0 Å². The molecule has 0 amide bonds. The molecule has 6 heteroatoms. The van der Waals surface area contributed by atoms with E-state index in [1.807, 2.05) is 24.3 Å². The molecule has 0 saturated heterocycles. The number of hydrogen-bond acceptors (Lipinski definition) is 2. The third kappa shape index (κ3) is 2.84. The molecule has 3 aromatic carbocycles. The molecule has 0 aliphatic heterocycles. The Balaban J connectivity index is 2.01. The summed E-state index contributed by atoms with van der Waals surface area (Å²) in [5.41, 5.74) is 1.56. The average molecular weight is 389 g/mol. The second kappa shape index (κ2) is 6.44. The van der Waals surface area contributed by atoms with Crippen molar-refractivity contribution in [1.82, 2.24) is 14.8 Å². The quantitative estimate of drug-likeness (QED) is 0.357. The molecular formula is C23H14F3N3. The standard InChI is InChI=1S/C23H14F3N3/c24-23(25,26)21-20-19(15-9-3-1-4-10-15)17-13-7-8-14-18(17)27-22(20)29(28-21)16-11-5-2-6-12-16/h1-14H. The molecule has 2 heterocycles. The summed E-state index contributed by atoms with van der Waals surface area (Å²) in [7, 11) is 0. The zero-order valence-electron chi connectivity index (χ0n) is 15.1. The largest absolute Gasteiger partial charge is 0.435 e. The molecule has 0 unspecified atom stereocenters. The Morgan fingerprint density at radius 2 is 1.34 bits per heavy atom. The average Bonchev–Trinajstić information content (AvgIpc) is 3.13. The highest BCUT2D eigenvalue weighted by atomic mass is 19.4. The smallest absolute Gasteiger partial charge is 0.228 e. The van der Waals surface area contributed by atoms with Gasteiger partial charge in [0, 0.05) is 10.9 Å². The molecule has 0 aliphatic carbocycles. The second-order valence-corrected chi connectivity index (χ2v) is 6.66. The van der Waals surface area contributed by atoms with Crippen LogP contribution in [0.1, 0.15) is 5.69 Å². The maximum Gasteiger partial charge on any atom is 0.435 e. The molecule has 0 spiro atoms. The molecule has 0 aliphatic rings. The Hall–Kier alpha value is -3.67. The summed E-state index contributed by atoms with van der Waals surface area (Å²) in [6, 6.07) is 25.0. The van der Waals surface area contributed by atoms with Gasteiger partial charge >= 0.3 is 6.18 Å². The van der Waals surface area contributed by atoms with Crippen molar-refractivity contribution in [2.24, 2.45) is 0 Å². The predicted molar refractivity (Wildman–Crippen MR) is 107 cm³/mol. The summed E-state index contributed by atoms with van der Waals surface area (Å²) in [5, 5.41) is 4.63. The van der Waals surface area contributed by atoms with Gasteiger partial charge in [0.15, 0.2) is 11.3 Å². The van der Waals surface area contributed by atoms with Gasteiger partial charge in [0.05, 0.1) is 16.6 Å². The number of rotatable bonds is 2. The van der Waals surface area contributed by atoms with E-state index in [2.05, 4.69) is 10.1 Å². The molecule has 142 valence electrons. The first-order chi connectivity index (χ1) is 14.0. The van der Waals surface area contributed by atoms with E-state index in [1.54, 1.807) is 60.7 Å². The maximum absolute atomic E-state index is 14.0. The van der Waals surface area contributed by atoms with E-state index in [1.165, 1.54) is 4.68 Å². The van der Waals surface area contributed by atoms with E-state index in [0.717, 1.165) is 0 Å². The molecule has 3 nitrogen and oxygen atoms in total. The Bertz CT molecular complexity index is 1320. The van der Waals surface area contributed by atoms with Crippen LogP contribution in [0.15, 0.2) is 84.9 Å². The number of nitrogens with zero attached hydrogens (tertiary/aromatic N) is 3. The number of aromatic nitrogens is 3. The first-order valence-corrected chi connectivity index (χ1v) is 9.03. The van der Waals surface area contributed by atoms with Crippen LogP contribution in [-0.2, 0) is 6.18 Å². The van der Waals surface area contributed by atoms with E-state index in [-0.39, 0.29) is 11.0 Å². The number of hydrogen-bond donors (Lipinski definition) is 0. The van der Waals surface area contributed by atoms with Crippen molar-refractivity contribution in [3.05, 3.63) is 90.6 Å². The molecule has 2 aromatic heterocycles. The van der Waals surface area contributed by atoms with Crippen molar-refractivity contribution in [2.75, 3.05) is 0 Å². The third-order valence-corrected chi connectivity index (χ3v) is 4.84. The highest BCUT2D eigenvalue weighted by molar-refractivity contribution is 6.10. The second-order valence-electron chi connectivity index (χ2n) is 6.66. The van der Waals surface area contributed by atoms with Gasteiger partial charge in [-0.1, -0.05) is 66.7 Å². The van der Waals surface area contributed by atoms with Crippen LogP contribution in [0.4, 0.5) is 13.2 Å². The van der Waals surface area contributed by atoms with Crippen LogP contribution in [0.3, 0.4) is 0 Å². The number of alkyl halides is 3. The molecule has 0 N–H and O–H groups in total. The van der Waals surface area contributed by atoms with Gasteiger partial charge in [0.2, 0.25) is 0 Å². The zero-order valence-corrected chi connectivity index (χ0v) is 15.1. The normalized spacial score (nSPS) is 12.0. The van der Waals surface area contributed by atoms with Gasteiger partial charge in [-0.25, -0.2) is 9.67 Å². The van der Waals surface area contributed by atoms with Gasteiger partial charge in [-0.3, -0.25) is 0 Å². The van der Waals surface area contributed by atoms with Crippen LogP contribution in [0, 0.1) is 0 Å². The molecular weight excluding hydrogens is 375 g/mol. The number of halogens is 3. The summed E-state index contributed by atoms with van der Waals surface area (Å²) in [5.74, 6) is 0. The van der Waals surface area contributed by atoms with E-state index in [0.29, 0.717) is 27.7 Å². The Labute approximate surface area is 164 Å². The van der Waals surface area contributed by atoms with Crippen LogP contribution in [0.25, 0.3) is 38.8 Å². The first kappa shape index (κ1) is 17.4. The molecule has 29 heavy (non-hydrogen) atoms. The molecule has 0 radical (unpaired) electrons. The third-order valence-electron chi connectivity index (χ3n) is 4.84. The lowest BCUT2D eigenvalue weighted by Gasteiger charge is -2.11. The van der Waals surface area contributed by atoms with Gasteiger partial charge in [0.25, 0.3) is 0 Å². The van der Waals surface area contributed by atoms with E-state index >= 15 is 0 Å². The lowest BCUT2D eigenvalue weighted by Crippen LogP contribution is -2.08. The fraction of sp³-hybridized carbons (Fsp3) is 0.0435. The summed E-state index contributed by atoms with van der Waals surface area (Å²) >= 11 is 0. The Morgan fingerprint density at radius 1 is 0.724 bits per heavy atom. The number of fused-ring (bicyclic) bond motifs is 2. The minimum Gasteiger partial charge on any atom is -0.228 e.